The minimum absolute atomic E-state index is 0.0645. The number of hydrogen-bond donors (Lipinski definition) is 2. The van der Waals surface area contributed by atoms with Crippen molar-refractivity contribution < 1.29 is 4.79 Å². The van der Waals surface area contributed by atoms with Crippen LogP contribution in [0.1, 0.15) is 45.8 Å². The van der Waals surface area contributed by atoms with E-state index in [2.05, 4.69) is 32.1 Å². The quantitative estimate of drug-likeness (QED) is 0.309. The SMILES string of the molecule is Cc1ccnc2c(C(=O)NC(C)c3nc4cccc(C#Cc5ccncc5)c4c(=O)n3-c3ccccc3)c(N)ncc12. The molecule has 6 aromatic rings. The number of nitrogens with one attached hydrogen (secondary N) is 1. The van der Waals surface area contributed by atoms with E-state index < -0.39 is 11.9 Å². The first-order valence-corrected chi connectivity index (χ1v) is 13.3. The lowest BCUT2D eigenvalue weighted by Gasteiger charge is -2.20. The second kappa shape index (κ2) is 10.9. The summed E-state index contributed by atoms with van der Waals surface area (Å²) in [4.78, 5) is 45.4. The molecular weight excluding hydrogens is 526 g/mol. The molecule has 4 heterocycles. The first kappa shape index (κ1) is 26.3. The van der Waals surface area contributed by atoms with Crippen LogP contribution in [0.3, 0.4) is 0 Å². The number of aromatic nitrogens is 5. The highest BCUT2D eigenvalue weighted by molar-refractivity contribution is 6.09. The van der Waals surface area contributed by atoms with Crippen LogP contribution in [0.4, 0.5) is 5.82 Å². The van der Waals surface area contributed by atoms with Crippen LogP contribution in [0.2, 0.25) is 0 Å². The van der Waals surface area contributed by atoms with Crippen LogP contribution in [0, 0.1) is 18.8 Å². The van der Waals surface area contributed by atoms with Crippen LogP contribution in [-0.2, 0) is 0 Å². The van der Waals surface area contributed by atoms with Gasteiger partial charge in [-0.2, -0.15) is 0 Å². The molecule has 3 N–H and O–H groups in total. The number of carbonyl (C=O) groups excluding carboxylic acids is 1. The van der Waals surface area contributed by atoms with Crippen LogP contribution < -0.4 is 16.6 Å². The monoisotopic (exact) mass is 551 g/mol. The summed E-state index contributed by atoms with van der Waals surface area (Å²) >= 11 is 0. The number of pyridine rings is 3. The van der Waals surface area contributed by atoms with E-state index >= 15 is 0 Å². The van der Waals surface area contributed by atoms with E-state index in [0.29, 0.717) is 33.5 Å². The maximum absolute atomic E-state index is 14.2. The molecule has 204 valence electrons. The predicted molar refractivity (Wildman–Crippen MR) is 162 cm³/mol. The summed E-state index contributed by atoms with van der Waals surface area (Å²) in [6, 6.07) is 19.3. The summed E-state index contributed by atoms with van der Waals surface area (Å²) in [7, 11) is 0. The average Bonchev–Trinajstić information content (AvgIpc) is 3.00. The maximum atomic E-state index is 14.2. The topological polar surface area (TPSA) is 129 Å². The fourth-order valence-electron chi connectivity index (χ4n) is 4.85. The fourth-order valence-corrected chi connectivity index (χ4v) is 4.85. The number of benzene rings is 2. The molecule has 0 radical (unpaired) electrons. The number of hydrogen-bond acceptors (Lipinski definition) is 7. The number of nitrogen functional groups attached to an aromatic ring is 1. The Labute approximate surface area is 241 Å². The molecule has 1 unspecified atom stereocenters. The van der Waals surface area contributed by atoms with Gasteiger partial charge in [-0.1, -0.05) is 36.1 Å². The Bertz CT molecular complexity index is 2100. The van der Waals surface area contributed by atoms with E-state index in [4.69, 9.17) is 10.7 Å². The van der Waals surface area contributed by atoms with Gasteiger partial charge in [-0.3, -0.25) is 24.1 Å². The van der Waals surface area contributed by atoms with E-state index in [1.807, 2.05) is 49.4 Å². The molecule has 0 aliphatic heterocycles. The number of carbonyl (C=O) groups is 1. The molecule has 0 spiro atoms. The van der Waals surface area contributed by atoms with Crippen LogP contribution >= 0.6 is 0 Å². The molecule has 0 aliphatic rings. The van der Waals surface area contributed by atoms with Gasteiger partial charge in [0, 0.05) is 41.3 Å². The van der Waals surface area contributed by atoms with E-state index in [0.717, 1.165) is 16.5 Å². The molecule has 4 aromatic heterocycles. The largest absolute Gasteiger partial charge is 0.383 e. The predicted octanol–water partition coefficient (Wildman–Crippen LogP) is 4.51. The van der Waals surface area contributed by atoms with Gasteiger partial charge in [-0.25, -0.2) is 9.97 Å². The number of rotatable bonds is 4. The van der Waals surface area contributed by atoms with Crippen LogP contribution in [-0.4, -0.2) is 30.4 Å². The molecule has 9 nitrogen and oxygen atoms in total. The number of aryl methyl sites for hydroxylation is 1. The molecule has 42 heavy (non-hydrogen) atoms. The van der Waals surface area contributed by atoms with Crippen molar-refractivity contribution in [3.05, 3.63) is 130 Å². The fraction of sp³-hybridized carbons (Fsp3) is 0.0909. The third kappa shape index (κ3) is 4.82. The molecule has 1 atom stereocenters. The number of fused-ring (bicyclic) bond motifs is 2. The summed E-state index contributed by atoms with van der Waals surface area (Å²) in [5.74, 6) is 6.17. The van der Waals surface area contributed by atoms with Crippen molar-refractivity contribution in [2.24, 2.45) is 0 Å². The van der Waals surface area contributed by atoms with Crippen molar-refractivity contribution in [2.45, 2.75) is 19.9 Å². The van der Waals surface area contributed by atoms with Gasteiger partial charge in [0.25, 0.3) is 11.5 Å². The van der Waals surface area contributed by atoms with Crippen LogP contribution in [0.5, 0.6) is 0 Å². The number of amides is 1. The zero-order chi connectivity index (χ0) is 29.2. The standard InChI is InChI=1S/C33H25N7O2/c1-20-13-18-36-29-25(20)19-37-30(34)28(29)32(41)38-21(2)31-39-26-10-6-7-23(12-11-22-14-16-35-17-15-22)27(26)33(42)40(31)24-8-4-3-5-9-24/h3-10,13-19,21H,1-2H3,(H2,34,37)(H,38,41). The van der Waals surface area contributed by atoms with Gasteiger partial charge in [0.15, 0.2) is 0 Å². The third-order valence-corrected chi connectivity index (χ3v) is 6.96. The Morgan fingerprint density at radius 3 is 2.52 bits per heavy atom. The van der Waals surface area contributed by atoms with E-state index in [1.165, 1.54) is 4.57 Å². The molecule has 1 amide bonds. The lowest BCUT2D eigenvalue weighted by molar-refractivity contribution is 0.0940. The molecule has 9 heteroatoms. The molecular formula is C33H25N7O2. The first-order chi connectivity index (χ1) is 20.4. The molecule has 2 aromatic carbocycles. The Balaban J connectivity index is 1.48. The number of nitrogens with two attached hydrogens (primary N) is 1. The summed E-state index contributed by atoms with van der Waals surface area (Å²) in [6.45, 7) is 3.69. The highest BCUT2D eigenvalue weighted by Crippen LogP contribution is 2.25. The first-order valence-electron chi connectivity index (χ1n) is 13.3. The molecule has 0 fully saturated rings. The van der Waals surface area contributed by atoms with E-state index in [1.54, 1.807) is 56.0 Å². The average molecular weight is 552 g/mol. The van der Waals surface area contributed by atoms with Crippen molar-refractivity contribution in [1.29, 1.82) is 0 Å². The Morgan fingerprint density at radius 1 is 0.952 bits per heavy atom. The Kier molecular flexibility index (Phi) is 6.87. The van der Waals surface area contributed by atoms with Gasteiger partial charge >= 0.3 is 0 Å². The summed E-state index contributed by atoms with van der Waals surface area (Å²) in [6.07, 6.45) is 6.57. The third-order valence-electron chi connectivity index (χ3n) is 6.96. The summed E-state index contributed by atoms with van der Waals surface area (Å²) < 4.78 is 1.51. The second-order valence-electron chi connectivity index (χ2n) is 9.74. The summed E-state index contributed by atoms with van der Waals surface area (Å²) in [5.41, 5.74) is 9.80. The van der Waals surface area contributed by atoms with Gasteiger partial charge in [0.1, 0.15) is 17.2 Å². The smallest absolute Gasteiger partial charge is 0.267 e. The van der Waals surface area contributed by atoms with Crippen molar-refractivity contribution in [1.82, 2.24) is 29.8 Å². The number of para-hydroxylation sites is 1. The van der Waals surface area contributed by atoms with E-state index in [9.17, 15) is 9.59 Å². The highest BCUT2D eigenvalue weighted by Gasteiger charge is 2.24. The Morgan fingerprint density at radius 2 is 1.74 bits per heavy atom. The zero-order valence-corrected chi connectivity index (χ0v) is 22.9. The number of nitrogens with zero attached hydrogens (tertiary/aromatic N) is 5. The molecule has 0 saturated heterocycles. The van der Waals surface area contributed by atoms with Crippen LogP contribution in [0.25, 0.3) is 27.5 Å². The van der Waals surface area contributed by atoms with Crippen molar-refractivity contribution >= 4 is 33.5 Å². The van der Waals surface area contributed by atoms with Gasteiger partial charge in [0.2, 0.25) is 0 Å². The number of anilines is 1. The van der Waals surface area contributed by atoms with E-state index in [-0.39, 0.29) is 16.9 Å². The van der Waals surface area contributed by atoms with Crippen molar-refractivity contribution in [3.8, 4) is 17.5 Å². The van der Waals surface area contributed by atoms with Crippen molar-refractivity contribution in [3.63, 3.8) is 0 Å². The lowest BCUT2D eigenvalue weighted by atomic mass is 10.1. The Hall–Kier alpha value is -5.88. The van der Waals surface area contributed by atoms with Gasteiger partial charge in [-0.15, -0.1) is 0 Å². The molecule has 0 aliphatic carbocycles. The minimum Gasteiger partial charge on any atom is -0.383 e. The second-order valence-corrected chi connectivity index (χ2v) is 9.74. The van der Waals surface area contributed by atoms with Gasteiger partial charge in [-0.05, 0) is 61.9 Å². The lowest BCUT2D eigenvalue weighted by Crippen LogP contribution is -2.34. The molecule has 0 bridgehead atoms. The zero-order valence-electron chi connectivity index (χ0n) is 22.9. The maximum Gasteiger partial charge on any atom is 0.267 e. The molecule has 0 saturated carbocycles. The van der Waals surface area contributed by atoms with Gasteiger partial charge < -0.3 is 11.1 Å². The minimum atomic E-state index is -0.694. The normalized spacial score (nSPS) is 11.6. The highest BCUT2D eigenvalue weighted by atomic mass is 16.2. The molecule has 6 rings (SSSR count). The summed E-state index contributed by atoms with van der Waals surface area (Å²) in [5, 5.41) is 4.09. The van der Waals surface area contributed by atoms with Crippen molar-refractivity contribution in [2.75, 3.05) is 5.73 Å². The van der Waals surface area contributed by atoms with Crippen LogP contribution in [0.15, 0.2) is 96.3 Å². The van der Waals surface area contributed by atoms with Gasteiger partial charge in [0.05, 0.1) is 28.1 Å².